The standard InChI is InChI=1S/C20H24N2O3/c23-19(13-22-20(24)21-12-15-9-10-15)17-7-4-8-18(11-17)25-14-16-5-2-1-3-6-16/h1-8,11,15,19,23H,9-10,12-14H2,(H2,21,22,24). The van der Waals surface area contributed by atoms with Crippen LogP contribution in [0, 0.1) is 5.92 Å². The predicted molar refractivity (Wildman–Crippen MR) is 96.3 cm³/mol. The molecule has 0 aliphatic heterocycles. The minimum Gasteiger partial charge on any atom is -0.489 e. The van der Waals surface area contributed by atoms with E-state index in [-0.39, 0.29) is 12.6 Å². The van der Waals surface area contributed by atoms with Gasteiger partial charge in [0.25, 0.3) is 0 Å². The fourth-order valence-electron chi connectivity index (χ4n) is 2.48. The summed E-state index contributed by atoms with van der Waals surface area (Å²) in [5.74, 6) is 1.33. The highest BCUT2D eigenvalue weighted by Gasteiger charge is 2.21. The summed E-state index contributed by atoms with van der Waals surface area (Å²) in [4.78, 5) is 11.7. The molecule has 3 rings (SSSR count). The highest BCUT2D eigenvalue weighted by atomic mass is 16.5. The van der Waals surface area contributed by atoms with E-state index >= 15 is 0 Å². The molecular formula is C20H24N2O3. The van der Waals surface area contributed by atoms with Crippen molar-refractivity contribution >= 4 is 6.03 Å². The zero-order chi connectivity index (χ0) is 17.5. The van der Waals surface area contributed by atoms with Crippen LogP contribution in [0.15, 0.2) is 54.6 Å². The Labute approximate surface area is 148 Å². The van der Waals surface area contributed by atoms with Crippen LogP contribution in [0.1, 0.15) is 30.1 Å². The molecule has 25 heavy (non-hydrogen) atoms. The Morgan fingerprint density at radius 1 is 1.12 bits per heavy atom. The minimum absolute atomic E-state index is 0.165. The first kappa shape index (κ1) is 17.3. The van der Waals surface area contributed by atoms with Crippen molar-refractivity contribution in [1.82, 2.24) is 10.6 Å². The zero-order valence-electron chi connectivity index (χ0n) is 14.2. The molecule has 0 bridgehead atoms. The molecule has 1 atom stereocenters. The molecule has 1 unspecified atom stereocenters. The van der Waals surface area contributed by atoms with Crippen LogP contribution in [0.4, 0.5) is 4.79 Å². The van der Waals surface area contributed by atoms with E-state index in [0.29, 0.717) is 30.4 Å². The molecule has 2 aromatic carbocycles. The summed E-state index contributed by atoms with van der Waals surface area (Å²) in [6.07, 6.45) is 1.61. The Balaban J connectivity index is 1.46. The van der Waals surface area contributed by atoms with Crippen LogP contribution in [0.25, 0.3) is 0 Å². The molecule has 2 aromatic rings. The van der Waals surface area contributed by atoms with Gasteiger partial charge in [-0.3, -0.25) is 0 Å². The smallest absolute Gasteiger partial charge is 0.314 e. The largest absolute Gasteiger partial charge is 0.489 e. The Kier molecular flexibility index (Phi) is 5.90. The van der Waals surface area contributed by atoms with Crippen molar-refractivity contribution < 1.29 is 14.6 Å². The summed E-state index contributed by atoms with van der Waals surface area (Å²) in [5.41, 5.74) is 1.80. The number of hydrogen-bond acceptors (Lipinski definition) is 3. The number of nitrogens with one attached hydrogen (secondary N) is 2. The van der Waals surface area contributed by atoms with E-state index in [1.165, 1.54) is 12.8 Å². The Hall–Kier alpha value is -2.53. The molecule has 3 N–H and O–H groups in total. The number of benzene rings is 2. The fraction of sp³-hybridized carbons (Fsp3) is 0.350. The second-order valence-electron chi connectivity index (χ2n) is 6.40. The summed E-state index contributed by atoms with van der Waals surface area (Å²) >= 11 is 0. The lowest BCUT2D eigenvalue weighted by atomic mass is 10.1. The molecule has 0 spiro atoms. The average Bonchev–Trinajstić information content (AvgIpc) is 3.48. The van der Waals surface area contributed by atoms with Gasteiger partial charge < -0.3 is 20.5 Å². The molecule has 0 aromatic heterocycles. The minimum atomic E-state index is -0.771. The van der Waals surface area contributed by atoms with Crippen LogP contribution < -0.4 is 15.4 Å². The van der Waals surface area contributed by atoms with Crippen molar-refractivity contribution in [3.05, 3.63) is 65.7 Å². The molecule has 132 valence electrons. The van der Waals surface area contributed by atoms with Gasteiger partial charge in [0.15, 0.2) is 0 Å². The lowest BCUT2D eigenvalue weighted by Gasteiger charge is -2.14. The fourth-order valence-corrected chi connectivity index (χ4v) is 2.48. The maximum atomic E-state index is 11.7. The predicted octanol–water partition coefficient (Wildman–Crippen LogP) is 3.01. The zero-order valence-corrected chi connectivity index (χ0v) is 14.2. The third-order valence-corrected chi connectivity index (χ3v) is 4.20. The first-order valence-electron chi connectivity index (χ1n) is 8.67. The molecule has 1 aliphatic rings. The maximum Gasteiger partial charge on any atom is 0.314 e. The highest BCUT2D eigenvalue weighted by Crippen LogP contribution is 2.27. The van der Waals surface area contributed by atoms with E-state index in [1.54, 1.807) is 6.07 Å². The lowest BCUT2D eigenvalue weighted by molar-refractivity contribution is 0.172. The third kappa shape index (κ3) is 5.80. The highest BCUT2D eigenvalue weighted by molar-refractivity contribution is 5.73. The van der Waals surface area contributed by atoms with E-state index in [2.05, 4.69) is 10.6 Å². The Morgan fingerprint density at radius 3 is 2.68 bits per heavy atom. The van der Waals surface area contributed by atoms with Crippen molar-refractivity contribution in [1.29, 1.82) is 0 Å². The Morgan fingerprint density at radius 2 is 1.92 bits per heavy atom. The number of carbonyl (C=O) groups excluding carboxylic acids is 1. The number of carbonyl (C=O) groups is 1. The Bertz CT molecular complexity index is 686. The molecule has 2 amide bonds. The van der Waals surface area contributed by atoms with E-state index in [0.717, 1.165) is 5.56 Å². The quantitative estimate of drug-likeness (QED) is 0.692. The second kappa shape index (κ2) is 8.53. The van der Waals surface area contributed by atoms with Crippen LogP contribution in [0.3, 0.4) is 0 Å². The molecular weight excluding hydrogens is 316 g/mol. The maximum absolute atomic E-state index is 11.7. The van der Waals surface area contributed by atoms with E-state index in [9.17, 15) is 9.90 Å². The van der Waals surface area contributed by atoms with Gasteiger partial charge in [-0.2, -0.15) is 0 Å². The first-order valence-corrected chi connectivity index (χ1v) is 8.67. The molecule has 0 saturated heterocycles. The van der Waals surface area contributed by atoms with Crippen molar-refractivity contribution in [3.63, 3.8) is 0 Å². The van der Waals surface area contributed by atoms with Gasteiger partial charge in [0.1, 0.15) is 12.4 Å². The summed E-state index contributed by atoms with van der Waals surface area (Å²) in [7, 11) is 0. The van der Waals surface area contributed by atoms with Crippen LogP contribution in [-0.4, -0.2) is 24.2 Å². The second-order valence-corrected chi connectivity index (χ2v) is 6.40. The van der Waals surface area contributed by atoms with Gasteiger partial charge in [-0.15, -0.1) is 0 Å². The van der Waals surface area contributed by atoms with E-state index < -0.39 is 6.10 Å². The summed E-state index contributed by atoms with van der Waals surface area (Å²) in [6.45, 7) is 1.35. The summed E-state index contributed by atoms with van der Waals surface area (Å²) in [5, 5.41) is 15.8. The van der Waals surface area contributed by atoms with Crippen LogP contribution >= 0.6 is 0 Å². The normalized spacial score (nSPS) is 14.6. The number of hydrogen-bond donors (Lipinski definition) is 3. The van der Waals surface area contributed by atoms with Crippen LogP contribution in [0.5, 0.6) is 5.75 Å². The van der Waals surface area contributed by atoms with Crippen molar-refractivity contribution in [3.8, 4) is 5.75 Å². The van der Waals surface area contributed by atoms with Gasteiger partial charge in [0.05, 0.1) is 6.10 Å². The molecule has 0 heterocycles. The van der Waals surface area contributed by atoms with E-state index in [1.807, 2.05) is 48.5 Å². The third-order valence-electron chi connectivity index (χ3n) is 4.20. The number of ether oxygens (including phenoxy) is 1. The number of aliphatic hydroxyl groups excluding tert-OH is 1. The van der Waals surface area contributed by atoms with Gasteiger partial charge in [-0.05, 0) is 42.0 Å². The number of urea groups is 1. The summed E-state index contributed by atoms with van der Waals surface area (Å²) < 4.78 is 5.77. The molecule has 0 radical (unpaired) electrons. The van der Waals surface area contributed by atoms with Gasteiger partial charge in [-0.25, -0.2) is 4.79 Å². The topological polar surface area (TPSA) is 70.6 Å². The van der Waals surface area contributed by atoms with Crippen molar-refractivity contribution in [2.45, 2.75) is 25.6 Å². The lowest BCUT2D eigenvalue weighted by Crippen LogP contribution is -2.38. The number of aliphatic hydroxyl groups is 1. The first-order chi connectivity index (χ1) is 12.2. The van der Waals surface area contributed by atoms with Gasteiger partial charge in [-0.1, -0.05) is 42.5 Å². The molecule has 1 aliphatic carbocycles. The van der Waals surface area contributed by atoms with Crippen molar-refractivity contribution in [2.24, 2.45) is 5.92 Å². The number of amides is 2. The van der Waals surface area contributed by atoms with Gasteiger partial charge in [0.2, 0.25) is 0 Å². The van der Waals surface area contributed by atoms with Crippen LogP contribution in [0.2, 0.25) is 0 Å². The molecule has 5 nitrogen and oxygen atoms in total. The molecule has 1 fully saturated rings. The summed E-state index contributed by atoms with van der Waals surface area (Å²) in [6, 6.07) is 17.0. The monoisotopic (exact) mass is 340 g/mol. The van der Waals surface area contributed by atoms with Crippen LogP contribution in [-0.2, 0) is 6.61 Å². The van der Waals surface area contributed by atoms with Crippen molar-refractivity contribution in [2.75, 3.05) is 13.1 Å². The van der Waals surface area contributed by atoms with E-state index in [4.69, 9.17) is 4.74 Å². The molecule has 1 saturated carbocycles. The number of rotatable bonds is 8. The SMILES string of the molecule is O=C(NCC1CC1)NCC(O)c1cccc(OCc2ccccc2)c1. The average molecular weight is 340 g/mol. The van der Waals surface area contributed by atoms with Gasteiger partial charge >= 0.3 is 6.03 Å². The van der Waals surface area contributed by atoms with Gasteiger partial charge in [0, 0.05) is 13.1 Å². The molecule has 5 heteroatoms.